The molecule has 0 aliphatic heterocycles. The molecule has 0 N–H and O–H groups in total. The first-order valence-electron chi connectivity index (χ1n) is 5.15. The molecule has 1 aromatic rings. The van der Waals surface area contributed by atoms with Crippen molar-refractivity contribution in [3.63, 3.8) is 0 Å². The maximum absolute atomic E-state index is 11.8. The third kappa shape index (κ3) is 4.19. The van der Waals surface area contributed by atoms with Crippen molar-refractivity contribution in [1.29, 1.82) is 0 Å². The Morgan fingerprint density at radius 3 is 2.60 bits per heavy atom. The molecule has 1 heterocycles. The zero-order chi connectivity index (χ0) is 11.5. The van der Waals surface area contributed by atoms with Crippen molar-refractivity contribution >= 4 is 5.91 Å². The summed E-state index contributed by atoms with van der Waals surface area (Å²) in [7, 11) is 1.80. The highest BCUT2D eigenvalue weighted by Crippen LogP contribution is 2.20. The fraction of sp³-hybridized carbons (Fsp3) is 0.583. The summed E-state index contributed by atoms with van der Waals surface area (Å²) in [6.07, 6.45) is 2.18. The Kier molecular flexibility index (Phi) is 3.56. The van der Waals surface area contributed by atoms with Crippen LogP contribution in [0.25, 0.3) is 0 Å². The molecule has 1 rings (SSSR count). The van der Waals surface area contributed by atoms with Gasteiger partial charge in [0.1, 0.15) is 5.76 Å². The average molecular weight is 209 g/mol. The van der Waals surface area contributed by atoms with Crippen LogP contribution in [0.5, 0.6) is 0 Å². The van der Waals surface area contributed by atoms with Crippen LogP contribution in [0.2, 0.25) is 0 Å². The Hall–Kier alpha value is -1.25. The summed E-state index contributed by atoms with van der Waals surface area (Å²) in [5, 5.41) is 0. The molecular weight excluding hydrogens is 190 g/mol. The number of rotatable bonds is 3. The van der Waals surface area contributed by atoms with E-state index in [0.29, 0.717) is 13.0 Å². The molecule has 0 saturated heterocycles. The molecule has 0 unspecified atom stereocenters. The van der Waals surface area contributed by atoms with Crippen molar-refractivity contribution in [1.82, 2.24) is 4.90 Å². The Balaban J connectivity index is 2.47. The van der Waals surface area contributed by atoms with Gasteiger partial charge in [0, 0.05) is 13.5 Å². The summed E-state index contributed by atoms with van der Waals surface area (Å²) < 4.78 is 5.19. The van der Waals surface area contributed by atoms with E-state index in [-0.39, 0.29) is 11.3 Å². The van der Waals surface area contributed by atoms with Crippen molar-refractivity contribution in [3.8, 4) is 0 Å². The summed E-state index contributed by atoms with van der Waals surface area (Å²) in [6, 6.07) is 3.71. The summed E-state index contributed by atoms with van der Waals surface area (Å²) in [5.74, 6) is 0.971. The van der Waals surface area contributed by atoms with Crippen LogP contribution in [-0.2, 0) is 11.3 Å². The lowest BCUT2D eigenvalue weighted by Crippen LogP contribution is -2.29. The van der Waals surface area contributed by atoms with Crippen LogP contribution >= 0.6 is 0 Å². The van der Waals surface area contributed by atoms with Gasteiger partial charge in [-0.1, -0.05) is 20.8 Å². The summed E-state index contributed by atoms with van der Waals surface area (Å²) >= 11 is 0. The predicted octanol–water partition coefficient (Wildman–Crippen LogP) is 2.67. The van der Waals surface area contributed by atoms with Gasteiger partial charge in [-0.3, -0.25) is 4.79 Å². The van der Waals surface area contributed by atoms with E-state index >= 15 is 0 Å². The van der Waals surface area contributed by atoms with Gasteiger partial charge in [-0.2, -0.15) is 0 Å². The Morgan fingerprint density at radius 2 is 2.13 bits per heavy atom. The van der Waals surface area contributed by atoms with Gasteiger partial charge in [0.25, 0.3) is 0 Å². The molecule has 3 heteroatoms. The lowest BCUT2D eigenvalue weighted by Gasteiger charge is -2.22. The number of furan rings is 1. The fourth-order valence-electron chi connectivity index (χ4n) is 1.31. The minimum atomic E-state index is 0.0362. The van der Waals surface area contributed by atoms with Crippen molar-refractivity contribution in [3.05, 3.63) is 24.2 Å². The average Bonchev–Trinajstić information content (AvgIpc) is 2.53. The van der Waals surface area contributed by atoms with Crippen LogP contribution in [-0.4, -0.2) is 17.9 Å². The van der Waals surface area contributed by atoms with Gasteiger partial charge in [0.15, 0.2) is 0 Å². The second-order valence-electron chi connectivity index (χ2n) is 5.07. The number of amides is 1. The second kappa shape index (κ2) is 4.51. The van der Waals surface area contributed by atoms with Gasteiger partial charge < -0.3 is 9.32 Å². The first-order chi connectivity index (χ1) is 6.88. The van der Waals surface area contributed by atoms with Crippen molar-refractivity contribution in [2.45, 2.75) is 33.7 Å². The number of nitrogens with zero attached hydrogens (tertiary/aromatic N) is 1. The minimum Gasteiger partial charge on any atom is -0.467 e. The van der Waals surface area contributed by atoms with Gasteiger partial charge in [-0.05, 0) is 17.5 Å². The molecule has 84 valence electrons. The van der Waals surface area contributed by atoms with E-state index < -0.39 is 0 Å². The first kappa shape index (κ1) is 11.8. The smallest absolute Gasteiger partial charge is 0.223 e. The number of hydrogen-bond acceptors (Lipinski definition) is 2. The normalized spacial score (nSPS) is 11.5. The van der Waals surface area contributed by atoms with Gasteiger partial charge >= 0.3 is 0 Å². The van der Waals surface area contributed by atoms with Gasteiger partial charge in [-0.25, -0.2) is 0 Å². The molecule has 0 radical (unpaired) electrons. The van der Waals surface area contributed by atoms with Gasteiger partial charge in [0.2, 0.25) is 5.91 Å². The fourth-order valence-corrected chi connectivity index (χ4v) is 1.31. The molecule has 0 saturated carbocycles. The maximum Gasteiger partial charge on any atom is 0.223 e. The largest absolute Gasteiger partial charge is 0.467 e. The Bertz CT molecular complexity index is 309. The molecule has 3 nitrogen and oxygen atoms in total. The lowest BCUT2D eigenvalue weighted by atomic mass is 9.92. The molecule has 1 aromatic heterocycles. The summed E-state index contributed by atoms with van der Waals surface area (Å²) in [4.78, 5) is 13.5. The van der Waals surface area contributed by atoms with Gasteiger partial charge in [0.05, 0.1) is 12.8 Å². The van der Waals surface area contributed by atoms with Crippen LogP contribution in [0.1, 0.15) is 33.0 Å². The Morgan fingerprint density at radius 1 is 1.47 bits per heavy atom. The minimum absolute atomic E-state index is 0.0362. The molecule has 15 heavy (non-hydrogen) atoms. The zero-order valence-corrected chi connectivity index (χ0v) is 9.91. The second-order valence-corrected chi connectivity index (χ2v) is 5.07. The predicted molar refractivity (Wildman–Crippen MR) is 59.3 cm³/mol. The first-order valence-corrected chi connectivity index (χ1v) is 5.15. The topological polar surface area (TPSA) is 33.5 Å². The highest BCUT2D eigenvalue weighted by molar-refractivity contribution is 5.76. The molecule has 0 aliphatic carbocycles. The highest BCUT2D eigenvalue weighted by Gasteiger charge is 2.19. The van der Waals surface area contributed by atoms with Crippen LogP contribution in [0.4, 0.5) is 0 Å². The van der Waals surface area contributed by atoms with E-state index in [0.717, 1.165) is 5.76 Å². The zero-order valence-electron chi connectivity index (χ0n) is 9.91. The van der Waals surface area contributed by atoms with Crippen LogP contribution in [0.3, 0.4) is 0 Å². The Labute approximate surface area is 91.1 Å². The monoisotopic (exact) mass is 209 g/mol. The van der Waals surface area contributed by atoms with E-state index in [9.17, 15) is 4.79 Å². The molecule has 0 spiro atoms. The van der Waals surface area contributed by atoms with Crippen LogP contribution in [0, 0.1) is 5.41 Å². The molecule has 0 bridgehead atoms. The number of carbonyl (C=O) groups is 1. The molecule has 0 aromatic carbocycles. The summed E-state index contributed by atoms with van der Waals surface area (Å²) in [6.45, 7) is 6.73. The third-order valence-electron chi connectivity index (χ3n) is 2.08. The quantitative estimate of drug-likeness (QED) is 0.766. The van der Waals surface area contributed by atoms with Crippen molar-refractivity contribution in [2.75, 3.05) is 7.05 Å². The van der Waals surface area contributed by atoms with E-state index in [1.165, 1.54) is 0 Å². The highest BCUT2D eigenvalue weighted by atomic mass is 16.3. The molecule has 0 aliphatic rings. The van der Waals surface area contributed by atoms with Crippen LogP contribution < -0.4 is 0 Å². The lowest BCUT2D eigenvalue weighted by molar-refractivity contribution is -0.132. The van der Waals surface area contributed by atoms with Crippen molar-refractivity contribution < 1.29 is 9.21 Å². The van der Waals surface area contributed by atoms with E-state index in [1.54, 1.807) is 18.2 Å². The summed E-state index contributed by atoms with van der Waals surface area (Å²) in [5.41, 5.74) is 0.0362. The van der Waals surface area contributed by atoms with Crippen molar-refractivity contribution in [2.24, 2.45) is 5.41 Å². The number of hydrogen-bond donors (Lipinski definition) is 0. The number of carbonyl (C=O) groups excluding carboxylic acids is 1. The molecule has 0 atom stereocenters. The standard InChI is InChI=1S/C12H19NO2/c1-12(2,3)8-11(14)13(4)9-10-6-5-7-15-10/h5-7H,8-9H2,1-4H3. The van der Waals surface area contributed by atoms with E-state index in [4.69, 9.17) is 4.42 Å². The van der Waals surface area contributed by atoms with E-state index in [2.05, 4.69) is 20.8 Å². The SMILES string of the molecule is CN(Cc1ccco1)C(=O)CC(C)(C)C. The molecule has 1 amide bonds. The molecule has 0 fully saturated rings. The third-order valence-corrected chi connectivity index (χ3v) is 2.08. The maximum atomic E-state index is 11.8. The van der Waals surface area contributed by atoms with E-state index in [1.807, 2.05) is 12.1 Å². The molecular formula is C12H19NO2. The van der Waals surface area contributed by atoms with Gasteiger partial charge in [-0.15, -0.1) is 0 Å². The van der Waals surface area contributed by atoms with Crippen LogP contribution in [0.15, 0.2) is 22.8 Å².